The van der Waals surface area contributed by atoms with Crippen LogP contribution in [0.4, 0.5) is 0 Å². The number of aryl methyl sites for hydroxylation is 1. The van der Waals surface area contributed by atoms with E-state index in [4.69, 9.17) is 32.5 Å². The minimum Gasteiger partial charge on any atom is -0.495 e. The molecule has 0 radical (unpaired) electrons. The van der Waals surface area contributed by atoms with Crippen LogP contribution in [0.3, 0.4) is 0 Å². The summed E-state index contributed by atoms with van der Waals surface area (Å²) in [5, 5.41) is 3.78. The van der Waals surface area contributed by atoms with Gasteiger partial charge in [0, 0.05) is 5.56 Å². The summed E-state index contributed by atoms with van der Waals surface area (Å²) in [4.78, 5) is 4.05. The van der Waals surface area contributed by atoms with Crippen molar-refractivity contribution in [2.24, 2.45) is 0 Å². The summed E-state index contributed by atoms with van der Waals surface area (Å²) in [6.45, 7) is 1.73. The summed E-state index contributed by atoms with van der Waals surface area (Å²) in [7, 11) is -2.54. The second kappa shape index (κ2) is 7.85. The maximum atomic E-state index is 12.5. The van der Waals surface area contributed by atoms with Crippen LogP contribution in [-0.4, -0.2) is 25.7 Å². The lowest BCUT2D eigenvalue weighted by Crippen LogP contribution is -2.23. The summed E-state index contributed by atoms with van der Waals surface area (Å²) in [5.41, 5.74) is 1.78. The normalized spacial score (nSPS) is 11.6. The molecule has 0 saturated heterocycles. The van der Waals surface area contributed by atoms with Gasteiger partial charge in [-0.05, 0) is 24.6 Å². The highest BCUT2D eigenvalue weighted by molar-refractivity contribution is 7.89. The van der Waals surface area contributed by atoms with E-state index < -0.39 is 10.0 Å². The van der Waals surface area contributed by atoms with Gasteiger partial charge < -0.3 is 9.26 Å². The molecule has 3 aromatic rings. The van der Waals surface area contributed by atoms with Gasteiger partial charge >= 0.3 is 0 Å². The zero-order chi connectivity index (χ0) is 19.6. The predicted octanol–water partition coefficient (Wildman–Crippen LogP) is 3.84. The van der Waals surface area contributed by atoms with Crippen LogP contribution in [-0.2, 0) is 16.6 Å². The van der Waals surface area contributed by atoms with Gasteiger partial charge in [-0.2, -0.15) is 4.98 Å². The molecule has 3 rings (SSSR count). The Kier molecular flexibility index (Phi) is 5.71. The minimum atomic E-state index is -3.95. The van der Waals surface area contributed by atoms with Gasteiger partial charge in [0.25, 0.3) is 0 Å². The van der Waals surface area contributed by atoms with Crippen molar-refractivity contribution in [1.29, 1.82) is 0 Å². The number of nitrogens with zero attached hydrogens (tertiary/aromatic N) is 2. The molecule has 27 heavy (non-hydrogen) atoms. The van der Waals surface area contributed by atoms with Crippen molar-refractivity contribution in [1.82, 2.24) is 14.9 Å². The lowest BCUT2D eigenvalue weighted by Gasteiger charge is -2.10. The van der Waals surface area contributed by atoms with Crippen molar-refractivity contribution in [3.8, 4) is 17.1 Å². The van der Waals surface area contributed by atoms with Crippen LogP contribution >= 0.6 is 23.2 Å². The first-order chi connectivity index (χ1) is 12.8. The molecular formula is C17H15Cl2N3O4S. The van der Waals surface area contributed by atoms with E-state index >= 15 is 0 Å². The maximum absolute atomic E-state index is 12.5. The zero-order valence-corrected chi connectivity index (χ0v) is 16.7. The van der Waals surface area contributed by atoms with Crippen LogP contribution in [0.15, 0.2) is 45.8 Å². The standard InChI is InChI=1S/C17H15Cl2N3O4S/c1-10-5-3-4-6-11(10)17-21-14(26-22-17)9-20-27(23,24)13-8-7-12(25-2)15(18)16(13)19/h3-8,20H,9H2,1-2H3. The Bertz CT molecular complexity index is 1080. The summed E-state index contributed by atoms with van der Waals surface area (Å²) in [5.74, 6) is 0.778. The third-order valence-corrected chi connectivity index (χ3v) is 6.21. The van der Waals surface area contributed by atoms with E-state index in [0.29, 0.717) is 5.82 Å². The average molecular weight is 428 g/mol. The molecule has 0 aliphatic carbocycles. The van der Waals surface area contributed by atoms with Gasteiger partial charge in [0.15, 0.2) is 0 Å². The molecule has 0 aliphatic heterocycles. The van der Waals surface area contributed by atoms with Gasteiger partial charge in [-0.25, -0.2) is 13.1 Å². The molecule has 1 heterocycles. The number of methoxy groups -OCH3 is 1. The fourth-order valence-electron chi connectivity index (χ4n) is 2.37. The van der Waals surface area contributed by atoms with Crippen LogP contribution in [0.5, 0.6) is 5.75 Å². The highest BCUT2D eigenvalue weighted by atomic mass is 35.5. The molecule has 10 heteroatoms. The Labute approximate surface area is 166 Å². The summed E-state index contributed by atoms with van der Waals surface area (Å²) < 4.78 is 37.6. The Balaban J connectivity index is 1.79. The van der Waals surface area contributed by atoms with E-state index in [-0.39, 0.29) is 33.1 Å². The van der Waals surface area contributed by atoms with Gasteiger partial charge in [0.2, 0.25) is 21.7 Å². The van der Waals surface area contributed by atoms with Gasteiger partial charge in [-0.1, -0.05) is 52.6 Å². The number of sulfonamides is 1. The molecule has 0 aliphatic rings. The van der Waals surface area contributed by atoms with Crippen LogP contribution in [0, 0.1) is 6.92 Å². The minimum absolute atomic E-state index is 0.0154. The van der Waals surface area contributed by atoms with Crippen molar-refractivity contribution in [2.75, 3.05) is 7.11 Å². The summed E-state index contributed by atoms with van der Waals surface area (Å²) in [6, 6.07) is 10.3. The molecule has 0 amide bonds. The highest BCUT2D eigenvalue weighted by Crippen LogP contribution is 2.36. The van der Waals surface area contributed by atoms with E-state index in [2.05, 4.69) is 14.9 Å². The molecule has 142 valence electrons. The lowest BCUT2D eigenvalue weighted by atomic mass is 10.1. The number of halogens is 2. The fraction of sp³-hybridized carbons (Fsp3) is 0.176. The fourth-order valence-corrected chi connectivity index (χ4v) is 4.19. The lowest BCUT2D eigenvalue weighted by molar-refractivity contribution is 0.376. The molecule has 0 saturated carbocycles. The molecule has 0 atom stereocenters. The van der Waals surface area contributed by atoms with Crippen molar-refractivity contribution in [3.05, 3.63) is 57.9 Å². The second-order valence-corrected chi connectivity index (χ2v) is 8.04. The smallest absolute Gasteiger partial charge is 0.242 e. The Hall–Kier alpha value is -2.13. The Morgan fingerprint density at radius 1 is 1.15 bits per heavy atom. The second-order valence-electron chi connectivity index (χ2n) is 5.55. The summed E-state index contributed by atoms with van der Waals surface area (Å²) >= 11 is 12.1. The number of aromatic nitrogens is 2. The molecule has 0 bridgehead atoms. The van der Waals surface area contributed by atoms with Gasteiger partial charge in [0.05, 0.1) is 18.7 Å². The first-order valence-electron chi connectivity index (χ1n) is 7.73. The SMILES string of the molecule is COc1ccc(S(=O)(=O)NCc2nc(-c3ccccc3C)no2)c(Cl)c1Cl. The maximum Gasteiger partial charge on any atom is 0.242 e. The Morgan fingerprint density at radius 3 is 2.59 bits per heavy atom. The van der Waals surface area contributed by atoms with Crippen LogP contribution in [0.25, 0.3) is 11.4 Å². The monoisotopic (exact) mass is 427 g/mol. The largest absolute Gasteiger partial charge is 0.495 e. The molecule has 1 N–H and O–H groups in total. The first-order valence-corrected chi connectivity index (χ1v) is 9.97. The third-order valence-electron chi connectivity index (χ3n) is 3.79. The number of hydrogen-bond donors (Lipinski definition) is 1. The molecule has 0 unspecified atom stereocenters. The number of hydrogen-bond acceptors (Lipinski definition) is 6. The van der Waals surface area contributed by atoms with E-state index in [1.54, 1.807) is 0 Å². The van der Waals surface area contributed by atoms with Crippen molar-refractivity contribution >= 4 is 33.2 Å². The van der Waals surface area contributed by atoms with E-state index in [1.165, 1.54) is 19.2 Å². The third kappa shape index (κ3) is 4.08. The van der Waals surface area contributed by atoms with Crippen molar-refractivity contribution < 1.29 is 17.7 Å². The number of nitrogens with one attached hydrogen (secondary N) is 1. The first kappa shape index (κ1) is 19.6. The van der Waals surface area contributed by atoms with Gasteiger partial charge in [-0.3, -0.25) is 0 Å². The van der Waals surface area contributed by atoms with E-state index in [0.717, 1.165) is 11.1 Å². The van der Waals surface area contributed by atoms with Gasteiger partial charge in [-0.15, -0.1) is 0 Å². The van der Waals surface area contributed by atoms with Crippen molar-refractivity contribution in [3.63, 3.8) is 0 Å². The number of rotatable bonds is 6. The van der Waals surface area contributed by atoms with E-state index in [9.17, 15) is 8.42 Å². The quantitative estimate of drug-likeness (QED) is 0.641. The number of benzene rings is 2. The van der Waals surface area contributed by atoms with E-state index in [1.807, 2.05) is 31.2 Å². The number of ether oxygens (including phenoxy) is 1. The van der Waals surface area contributed by atoms with Crippen molar-refractivity contribution in [2.45, 2.75) is 18.4 Å². The molecule has 1 aromatic heterocycles. The topological polar surface area (TPSA) is 94.3 Å². The van der Waals surface area contributed by atoms with Crippen LogP contribution < -0.4 is 9.46 Å². The summed E-state index contributed by atoms with van der Waals surface area (Å²) in [6.07, 6.45) is 0. The van der Waals surface area contributed by atoms with Gasteiger partial charge in [0.1, 0.15) is 15.7 Å². The Morgan fingerprint density at radius 2 is 1.89 bits per heavy atom. The molecule has 0 fully saturated rings. The molecule has 7 nitrogen and oxygen atoms in total. The molecular weight excluding hydrogens is 413 g/mol. The van der Waals surface area contributed by atoms with Crippen LogP contribution in [0.2, 0.25) is 10.0 Å². The highest BCUT2D eigenvalue weighted by Gasteiger charge is 2.22. The zero-order valence-electron chi connectivity index (χ0n) is 14.4. The molecule has 0 spiro atoms. The average Bonchev–Trinajstić information content (AvgIpc) is 3.11. The predicted molar refractivity (Wildman–Crippen MR) is 102 cm³/mol. The van der Waals surface area contributed by atoms with Crippen LogP contribution in [0.1, 0.15) is 11.5 Å². The molecule has 2 aromatic carbocycles.